The maximum Gasteiger partial charge on any atom is 0.362 e. The van der Waals surface area contributed by atoms with Gasteiger partial charge in [0, 0.05) is 19.3 Å². The van der Waals surface area contributed by atoms with Crippen LogP contribution < -0.4 is 0 Å². The van der Waals surface area contributed by atoms with Gasteiger partial charge in [0.25, 0.3) is 0 Å². The molecule has 0 aromatic carbocycles. The van der Waals surface area contributed by atoms with E-state index in [-0.39, 0.29) is 42.7 Å². The molecule has 0 aliphatic heterocycles. The highest BCUT2D eigenvalue weighted by atomic mass is 16.6. The highest BCUT2D eigenvalue weighted by molar-refractivity contribution is 5.72. The number of allylic oxidation sites excluding steroid dienone is 18. The number of unbranched alkanes of at least 4 members (excludes halogenated alkanes) is 13. The van der Waals surface area contributed by atoms with Crippen LogP contribution in [0.1, 0.15) is 142 Å². The summed E-state index contributed by atoms with van der Waals surface area (Å²) in [6, 6.07) is -0.635. The Balaban J connectivity index is 4.53. The van der Waals surface area contributed by atoms with Crippen molar-refractivity contribution in [1.82, 2.24) is 0 Å². The Bertz CT molecular complexity index is 1330. The first-order valence-corrected chi connectivity index (χ1v) is 22.5. The quantitative estimate of drug-likeness (QED) is 0.0287. The number of carbonyl (C=O) groups is 3. The number of esters is 2. The molecule has 0 aliphatic carbocycles. The lowest BCUT2D eigenvalue weighted by atomic mass is 10.1. The summed E-state index contributed by atoms with van der Waals surface area (Å²) in [4.78, 5) is 37.0. The van der Waals surface area contributed by atoms with Crippen LogP contribution in [0.15, 0.2) is 109 Å². The fourth-order valence-electron chi connectivity index (χ4n) is 5.89. The average molecular weight is 821 g/mol. The van der Waals surface area contributed by atoms with E-state index < -0.39 is 18.1 Å². The molecule has 0 bridgehead atoms. The Kier molecular flexibility index (Phi) is 38.0. The number of ether oxygens (including phenoxy) is 3. The molecule has 2 atom stereocenters. The number of carbonyl (C=O) groups excluding carboxylic acids is 2. The van der Waals surface area contributed by atoms with Crippen molar-refractivity contribution < 1.29 is 38.2 Å². The Hall–Kier alpha value is -4.01. The van der Waals surface area contributed by atoms with Gasteiger partial charge in [-0.2, -0.15) is 0 Å². The van der Waals surface area contributed by atoms with Crippen molar-refractivity contribution in [3.05, 3.63) is 109 Å². The smallest absolute Gasteiger partial charge is 0.362 e. The Morgan fingerprint density at radius 2 is 0.949 bits per heavy atom. The van der Waals surface area contributed by atoms with E-state index in [0.29, 0.717) is 19.3 Å². The highest BCUT2D eigenvalue weighted by Gasteiger charge is 2.31. The van der Waals surface area contributed by atoms with Crippen LogP contribution in [0.5, 0.6) is 0 Å². The van der Waals surface area contributed by atoms with E-state index in [9.17, 15) is 19.5 Å². The standard InChI is InChI=1S/C51H81NO7/c1-6-8-10-12-14-16-18-20-22-24-25-26-28-30-32-34-36-38-40-42-50(54)59-47(45-57-44-43-48(51(55)56)52(3,4)5)46-58-49(53)41-39-37-35-33-31-29-27-23-21-19-17-15-13-11-9-7-2/h8,10,12,14,16,18,20,22-32,47-48H,6-7,9,11,13,15,17,19,21,33-46H2,1-5H3/p+1/b10-8+,14-12+,18-16+,22-20+,25-24+,27-23+,28-26+,31-29+,32-30+. The van der Waals surface area contributed by atoms with Gasteiger partial charge in [-0.3, -0.25) is 9.59 Å². The molecule has 8 heteroatoms. The summed E-state index contributed by atoms with van der Waals surface area (Å²) in [6.07, 6.45) is 55.6. The molecule has 0 spiro atoms. The second-order valence-corrected chi connectivity index (χ2v) is 15.8. The van der Waals surface area contributed by atoms with Crippen LogP contribution in [0.4, 0.5) is 0 Å². The Morgan fingerprint density at radius 3 is 1.42 bits per heavy atom. The first-order valence-electron chi connectivity index (χ1n) is 22.5. The van der Waals surface area contributed by atoms with Crippen molar-refractivity contribution in [1.29, 1.82) is 0 Å². The summed E-state index contributed by atoms with van der Waals surface area (Å²) in [5.41, 5.74) is 0. The van der Waals surface area contributed by atoms with E-state index in [2.05, 4.69) is 50.3 Å². The van der Waals surface area contributed by atoms with Crippen LogP contribution in [-0.4, -0.2) is 80.6 Å². The monoisotopic (exact) mass is 821 g/mol. The van der Waals surface area contributed by atoms with E-state index in [4.69, 9.17) is 14.2 Å². The molecule has 1 N–H and O–H groups in total. The lowest BCUT2D eigenvalue weighted by molar-refractivity contribution is -0.887. The summed E-state index contributed by atoms with van der Waals surface area (Å²) >= 11 is 0. The summed E-state index contributed by atoms with van der Waals surface area (Å²) in [5.74, 6) is -1.58. The topological polar surface area (TPSA) is 99.1 Å². The molecule has 2 unspecified atom stereocenters. The fourth-order valence-corrected chi connectivity index (χ4v) is 5.89. The van der Waals surface area contributed by atoms with E-state index in [0.717, 1.165) is 57.8 Å². The number of carboxylic acid groups (broad SMARTS) is 1. The third-order valence-electron chi connectivity index (χ3n) is 9.38. The summed E-state index contributed by atoms with van der Waals surface area (Å²) in [6.45, 7) is 4.48. The zero-order valence-corrected chi connectivity index (χ0v) is 37.7. The van der Waals surface area contributed by atoms with Gasteiger partial charge in [0.2, 0.25) is 0 Å². The summed E-state index contributed by atoms with van der Waals surface area (Å²) in [7, 11) is 5.49. The van der Waals surface area contributed by atoms with Gasteiger partial charge in [-0.1, -0.05) is 175 Å². The normalized spacial score (nSPS) is 14.0. The van der Waals surface area contributed by atoms with Crippen molar-refractivity contribution in [2.75, 3.05) is 41.0 Å². The van der Waals surface area contributed by atoms with Crippen molar-refractivity contribution >= 4 is 17.9 Å². The Morgan fingerprint density at radius 1 is 0.525 bits per heavy atom. The molecular formula is C51H82NO7+. The van der Waals surface area contributed by atoms with Crippen LogP contribution in [0.2, 0.25) is 0 Å². The van der Waals surface area contributed by atoms with E-state index in [1.807, 2.05) is 94.1 Å². The minimum atomic E-state index is -0.892. The molecule has 0 amide bonds. The second kappa shape index (κ2) is 40.8. The van der Waals surface area contributed by atoms with Gasteiger partial charge in [0.1, 0.15) is 6.61 Å². The first-order chi connectivity index (χ1) is 28.6. The van der Waals surface area contributed by atoms with Gasteiger partial charge in [0.15, 0.2) is 12.1 Å². The van der Waals surface area contributed by atoms with Gasteiger partial charge in [-0.05, 0) is 57.8 Å². The van der Waals surface area contributed by atoms with Gasteiger partial charge in [0.05, 0.1) is 34.4 Å². The lowest BCUT2D eigenvalue weighted by Gasteiger charge is -2.31. The van der Waals surface area contributed by atoms with Crippen molar-refractivity contribution in [3.63, 3.8) is 0 Å². The summed E-state index contributed by atoms with van der Waals surface area (Å²) in [5, 5.41) is 9.62. The number of nitrogens with zero attached hydrogens (tertiary/aromatic N) is 1. The molecule has 0 aromatic heterocycles. The molecule has 0 fully saturated rings. The van der Waals surface area contributed by atoms with Crippen LogP contribution >= 0.6 is 0 Å². The number of hydrogen-bond acceptors (Lipinski definition) is 6. The number of carboxylic acids is 1. The maximum absolute atomic E-state index is 12.7. The molecule has 0 saturated carbocycles. The third-order valence-corrected chi connectivity index (χ3v) is 9.38. The Labute approximate surface area is 359 Å². The predicted octanol–water partition coefficient (Wildman–Crippen LogP) is 12.5. The molecule has 0 aliphatic rings. The molecule has 0 rings (SSSR count). The van der Waals surface area contributed by atoms with Gasteiger partial charge in [-0.25, -0.2) is 4.79 Å². The van der Waals surface area contributed by atoms with Crippen LogP contribution in [0, 0.1) is 0 Å². The SMILES string of the molecule is CC/C=C/C=C/C=C/C=C/C=C/C=C/C=C/CCCCCC(=O)OC(COCCC(C(=O)O)[N+](C)(C)C)COC(=O)CCCCC/C=C/C=C/CCCCCCCCC. The molecule has 0 heterocycles. The molecule has 8 nitrogen and oxygen atoms in total. The zero-order chi connectivity index (χ0) is 43.5. The highest BCUT2D eigenvalue weighted by Crippen LogP contribution is 2.12. The van der Waals surface area contributed by atoms with Crippen LogP contribution in [-0.2, 0) is 28.6 Å². The third kappa shape index (κ3) is 39.2. The van der Waals surface area contributed by atoms with Crippen molar-refractivity contribution in [2.24, 2.45) is 0 Å². The van der Waals surface area contributed by atoms with E-state index in [1.54, 1.807) is 0 Å². The van der Waals surface area contributed by atoms with E-state index in [1.165, 1.54) is 44.9 Å². The molecule has 332 valence electrons. The fraction of sp³-hybridized carbons (Fsp3) is 0.588. The average Bonchev–Trinajstić information content (AvgIpc) is 3.19. The number of rotatable bonds is 38. The number of hydrogen-bond donors (Lipinski definition) is 1. The van der Waals surface area contributed by atoms with Crippen molar-refractivity contribution in [3.8, 4) is 0 Å². The summed E-state index contributed by atoms with van der Waals surface area (Å²) < 4.78 is 17.2. The largest absolute Gasteiger partial charge is 0.477 e. The minimum Gasteiger partial charge on any atom is -0.477 e. The van der Waals surface area contributed by atoms with Crippen molar-refractivity contribution in [2.45, 2.75) is 154 Å². The second-order valence-electron chi connectivity index (χ2n) is 15.8. The first kappa shape index (κ1) is 55.0. The lowest BCUT2D eigenvalue weighted by Crippen LogP contribution is -2.50. The predicted molar refractivity (Wildman–Crippen MR) is 247 cm³/mol. The van der Waals surface area contributed by atoms with E-state index >= 15 is 0 Å². The molecule has 59 heavy (non-hydrogen) atoms. The van der Waals surface area contributed by atoms with Crippen LogP contribution in [0.25, 0.3) is 0 Å². The van der Waals surface area contributed by atoms with Gasteiger partial charge >= 0.3 is 17.9 Å². The maximum atomic E-state index is 12.7. The molecule has 0 radical (unpaired) electrons. The number of quaternary nitrogens is 1. The zero-order valence-electron chi connectivity index (χ0n) is 37.7. The van der Waals surface area contributed by atoms with Gasteiger partial charge in [-0.15, -0.1) is 0 Å². The number of aliphatic carboxylic acids is 1. The molecule has 0 aromatic rings. The molecule has 0 saturated heterocycles. The number of likely N-dealkylation sites (N-methyl/N-ethyl adjacent to an activating group) is 1. The minimum absolute atomic E-state index is 0.0258. The van der Waals surface area contributed by atoms with Gasteiger partial charge < -0.3 is 23.8 Å². The van der Waals surface area contributed by atoms with Crippen LogP contribution in [0.3, 0.4) is 0 Å². The molecular weight excluding hydrogens is 739 g/mol.